The normalized spacial score (nSPS) is 22.9. The van der Waals surface area contributed by atoms with E-state index in [1.807, 2.05) is 25.2 Å². The first kappa shape index (κ1) is 14.3. The standard InChI is InChI=1S/C16H20N4O3/c1-17-8-12-9-20(16(21)23-12)11-2-3-13-14(6-11)22-5-4-10-7-18-19-15(10)13/h2-3,6,12,17-19H,4-5,7-9H2,1H3. The fourth-order valence-corrected chi connectivity index (χ4v) is 3.24. The Bertz CT molecular complexity index is 673. The van der Waals surface area contributed by atoms with E-state index in [4.69, 9.17) is 9.47 Å². The van der Waals surface area contributed by atoms with Crippen molar-refractivity contribution in [1.82, 2.24) is 16.2 Å². The number of carbonyl (C=O) groups is 1. The van der Waals surface area contributed by atoms with Crippen molar-refractivity contribution in [2.24, 2.45) is 0 Å². The first-order valence-electron chi connectivity index (χ1n) is 7.87. The second kappa shape index (κ2) is 5.75. The predicted octanol–water partition coefficient (Wildman–Crippen LogP) is 0.833. The van der Waals surface area contributed by atoms with Gasteiger partial charge < -0.3 is 20.2 Å². The maximum absolute atomic E-state index is 12.1. The third-order valence-corrected chi connectivity index (χ3v) is 4.38. The zero-order chi connectivity index (χ0) is 15.8. The third kappa shape index (κ3) is 2.51. The molecule has 0 radical (unpaired) electrons. The predicted molar refractivity (Wildman–Crippen MR) is 86.2 cm³/mol. The molecule has 3 aliphatic rings. The Morgan fingerprint density at radius 1 is 1.43 bits per heavy atom. The Labute approximate surface area is 134 Å². The van der Waals surface area contributed by atoms with Gasteiger partial charge in [0.25, 0.3) is 0 Å². The summed E-state index contributed by atoms with van der Waals surface area (Å²) in [6, 6.07) is 5.87. The molecule has 122 valence electrons. The minimum absolute atomic E-state index is 0.123. The second-order valence-corrected chi connectivity index (χ2v) is 5.91. The summed E-state index contributed by atoms with van der Waals surface area (Å²) >= 11 is 0. The van der Waals surface area contributed by atoms with Crippen LogP contribution in [0.1, 0.15) is 12.0 Å². The molecule has 1 saturated heterocycles. The van der Waals surface area contributed by atoms with E-state index in [0.717, 1.165) is 35.7 Å². The molecule has 0 bridgehead atoms. The molecule has 0 aliphatic carbocycles. The molecule has 3 heterocycles. The van der Waals surface area contributed by atoms with Gasteiger partial charge in [-0.3, -0.25) is 4.90 Å². The largest absolute Gasteiger partial charge is 0.492 e. The number of benzene rings is 1. The number of carbonyl (C=O) groups excluding carboxylic acids is 1. The van der Waals surface area contributed by atoms with E-state index in [0.29, 0.717) is 19.7 Å². The number of ether oxygens (including phenoxy) is 2. The van der Waals surface area contributed by atoms with Gasteiger partial charge in [-0.15, -0.1) is 0 Å². The molecule has 7 heteroatoms. The molecule has 1 amide bonds. The highest BCUT2D eigenvalue weighted by molar-refractivity contribution is 5.90. The molecule has 7 nitrogen and oxygen atoms in total. The zero-order valence-corrected chi connectivity index (χ0v) is 13.0. The number of likely N-dealkylation sites (N-methyl/N-ethyl adjacent to an activating group) is 1. The molecular weight excluding hydrogens is 296 g/mol. The number of cyclic esters (lactones) is 1. The van der Waals surface area contributed by atoms with Crippen LogP contribution in [0.25, 0.3) is 5.70 Å². The van der Waals surface area contributed by atoms with Crippen LogP contribution in [-0.2, 0) is 4.74 Å². The van der Waals surface area contributed by atoms with Crippen LogP contribution in [0, 0.1) is 0 Å². The van der Waals surface area contributed by atoms with E-state index in [1.54, 1.807) is 4.90 Å². The Balaban J connectivity index is 1.63. The zero-order valence-electron chi connectivity index (χ0n) is 13.0. The molecule has 23 heavy (non-hydrogen) atoms. The molecule has 4 rings (SSSR count). The molecule has 1 fully saturated rings. The molecular formula is C16H20N4O3. The van der Waals surface area contributed by atoms with Crippen LogP contribution in [0.3, 0.4) is 0 Å². The first-order chi connectivity index (χ1) is 11.3. The van der Waals surface area contributed by atoms with Crippen LogP contribution >= 0.6 is 0 Å². The SMILES string of the molecule is CNCC1CN(c2ccc3c(c2)OCCC2=C3NNC2)C(=O)O1. The lowest BCUT2D eigenvalue weighted by Gasteiger charge is -2.17. The summed E-state index contributed by atoms with van der Waals surface area (Å²) in [5.41, 5.74) is 10.6. The Morgan fingerprint density at radius 2 is 2.35 bits per heavy atom. The topological polar surface area (TPSA) is 74.9 Å². The molecule has 1 atom stereocenters. The summed E-state index contributed by atoms with van der Waals surface area (Å²) in [4.78, 5) is 13.7. The van der Waals surface area contributed by atoms with E-state index in [1.165, 1.54) is 5.57 Å². The van der Waals surface area contributed by atoms with Crippen molar-refractivity contribution in [3.63, 3.8) is 0 Å². The van der Waals surface area contributed by atoms with Gasteiger partial charge in [0.15, 0.2) is 0 Å². The lowest BCUT2D eigenvalue weighted by atomic mass is 10.1. The van der Waals surface area contributed by atoms with E-state index in [-0.39, 0.29) is 12.2 Å². The van der Waals surface area contributed by atoms with E-state index in [9.17, 15) is 4.79 Å². The number of hydrogen-bond donors (Lipinski definition) is 3. The lowest BCUT2D eigenvalue weighted by molar-refractivity contribution is 0.141. The number of hydrazine groups is 1. The van der Waals surface area contributed by atoms with E-state index in [2.05, 4.69) is 16.2 Å². The number of hydrogen-bond acceptors (Lipinski definition) is 6. The van der Waals surface area contributed by atoms with Crippen LogP contribution in [-0.4, -0.2) is 45.5 Å². The summed E-state index contributed by atoms with van der Waals surface area (Å²) in [6.07, 6.45) is 0.469. The molecule has 1 aromatic rings. The van der Waals surface area contributed by atoms with Gasteiger partial charge in [0.2, 0.25) is 0 Å². The summed E-state index contributed by atoms with van der Waals surface area (Å²) < 4.78 is 11.3. The van der Waals surface area contributed by atoms with Crippen molar-refractivity contribution < 1.29 is 14.3 Å². The molecule has 0 spiro atoms. The highest BCUT2D eigenvalue weighted by atomic mass is 16.6. The Kier molecular flexibility index (Phi) is 3.59. The Hall–Kier alpha value is -2.25. The fraction of sp³-hybridized carbons (Fsp3) is 0.438. The van der Waals surface area contributed by atoms with Crippen LogP contribution in [0.2, 0.25) is 0 Å². The minimum Gasteiger partial charge on any atom is -0.492 e. The highest BCUT2D eigenvalue weighted by Gasteiger charge is 2.32. The number of rotatable bonds is 3. The number of anilines is 1. The molecule has 3 aliphatic heterocycles. The first-order valence-corrected chi connectivity index (χ1v) is 7.87. The average molecular weight is 316 g/mol. The Morgan fingerprint density at radius 3 is 3.22 bits per heavy atom. The molecule has 1 aromatic carbocycles. The maximum Gasteiger partial charge on any atom is 0.414 e. The van der Waals surface area contributed by atoms with Gasteiger partial charge in [-0.25, -0.2) is 10.2 Å². The maximum atomic E-state index is 12.1. The van der Waals surface area contributed by atoms with Crippen LogP contribution < -0.4 is 25.8 Å². The number of fused-ring (bicyclic) bond motifs is 2. The van der Waals surface area contributed by atoms with Crippen LogP contribution in [0.15, 0.2) is 23.8 Å². The van der Waals surface area contributed by atoms with Gasteiger partial charge in [-0.1, -0.05) is 0 Å². The van der Waals surface area contributed by atoms with Crippen molar-refractivity contribution in [3.05, 3.63) is 29.3 Å². The van der Waals surface area contributed by atoms with E-state index < -0.39 is 0 Å². The third-order valence-electron chi connectivity index (χ3n) is 4.38. The summed E-state index contributed by atoms with van der Waals surface area (Å²) in [7, 11) is 1.85. The quantitative estimate of drug-likeness (QED) is 0.767. The fourth-order valence-electron chi connectivity index (χ4n) is 3.24. The number of amides is 1. The number of nitrogens with one attached hydrogen (secondary N) is 3. The summed E-state index contributed by atoms with van der Waals surface area (Å²) in [6.45, 7) is 2.68. The van der Waals surface area contributed by atoms with Crippen molar-refractivity contribution in [2.75, 3.05) is 38.2 Å². The lowest BCUT2D eigenvalue weighted by Crippen LogP contribution is -2.29. The summed E-state index contributed by atoms with van der Waals surface area (Å²) in [5.74, 6) is 0.800. The van der Waals surface area contributed by atoms with Crippen LogP contribution in [0.5, 0.6) is 5.75 Å². The van der Waals surface area contributed by atoms with Gasteiger partial charge in [0, 0.05) is 31.1 Å². The van der Waals surface area contributed by atoms with Gasteiger partial charge in [-0.2, -0.15) is 0 Å². The second-order valence-electron chi connectivity index (χ2n) is 5.91. The van der Waals surface area contributed by atoms with Gasteiger partial charge in [0.1, 0.15) is 11.9 Å². The monoisotopic (exact) mass is 316 g/mol. The summed E-state index contributed by atoms with van der Waals surface area (Å²) in [5, 5.41) is 3.04. The van der Waals surface area contributed by atoms with Gasteiger partial charge >= 0.3 is 6.09 Å². The molecule has 0 aromatic heterocycles. The van der Waals surface area contributed by atoms with Gasteiger partial charge in [0.05, 0.1) is 24.5 Å². The van der Waals surface area contributed by atoms with Crippen molar-refractivity contribution >= 4 is 17.5 Å². The van der Waals surface area contributed by atoms with Crippen molar-refractivity contribution in [2.45, 2.75) is 12.5 Å². The molecule has 0 saturated carbocycles. The van der Waals surface area contributed by atoms with Crippen molar-refractivity contribution in [1.29, 1.82) is 0 Å². The van der Waals surface area contributed by atoms with Crippen LogP contribution in [0.4, 0.5) is 10.5 Å². The van der Waals surface area contributed by atoms with E-state index >= 15 is 0 Å². The highest BCUT2D eigenvalue weighted by Crippen LogP contribution is 2.36. The molecule has 3 N–H and O–H groups in total. The number of nitrogens with zero attached hydrogens (tertiary/aromatic N) is 1. The minimum atomic E-state index is -0.306. The van der Waals surface area contributed by atoms with Crippen molar-refractivity contribution in [3.8, 4) is 5.75 Å². The van der Waals surface area contributed by atoms with Gasteiger partial charge in [-0.05, 0) is 24.8 Å². The molecule has 1 unspecified atom stereocenters. The average Bonchev–Trinajstić information content (AvgIpc) is 3.10. The smallest absolute Gasteiger partial charge is 0.414 e.